The van der Waals surface area contributed by atoms with Gasteiger partial charge in [0.25, 0.3) is 0 Å². The molecule has 0 saturated heterocycles. The lowest BCUT2D eigenvalue weighted by Crippen LogP contribution is -2.26. The van der Waals surface area contributed by atoms with E-state index in [9.17, 15) is 9.18 Å². The van der Waals surface area contributed by atoms with Crippen LogP contribution < -0.4 is 4.74 Å². The third-order valence-electron chi connectivity index (χ3n) is 2.47. The Kier molecular flexibility index (Phi) is 4.63. The number of hydrogen-bond donors (Lipinski definition) is 0. The van der Waals surface area contributed by atoms with Gasteiger partial charge >= 0.3 is 0 Å². The first kappa shape index (κ1) is 13.6. The smallest absolute Gasteiger partial charge is 0.165 e. The van der Waals surface area contributed by atoms with E-state index in [1.165, 1.54) is 13.0 Å². The SMILES string of the molecule is CCOc1ccc(C(C(C)=O)N(C)C)cc1F. The summed E-state index contributed by atoms with van der Waals surface area (Å²) in [7, 11) is 3.58. The topological polar surface area (TPSA) is 29.5 Å². The lowest BCUT2D eigenvalue weighted by Gasteiger charge is -2.22. The van der Waals surface area contributed by atoms with Gasteiger partial charge in [-0.15, -0.1) is 0 Å². The Bertz CT molecular complexity index is 404. The van der Waals surface area contributed by atoms with E-state index in [4.69, 9.17) is 4.74 Å². The molecule has 1 aromatic carbocycles. The first-order valence-corrected chi connectivity index (χ1v) is 5.56. The Labute approximate surface area is 101 Å². The molecule has 0 aliphatic rings. The summed E-state index contributed by atoms with van der Waals surface area (Å²) in [5, 5.41) is 0. The quantitative estimate of drug-likeness (QED) is 0.790. The number of rotatable bonds is 5. The second-order valence-electron chi connectivity index (χ2n) is 4.10. The fraction of sp³-hybridized carbons (Fsp3) is 0.462. The number of benzene rings is 1. The Hall–Kier alpha value is -1.42. The highest BCUT2D eigenvalue weighted by Crippen LogP contribution is 2.25. The number of halogens is 1. The molecule has 0 N–H and O–H groups in total. The summed E-state index contributed by atoms with van der Waals surface area (Å²) in [6, 6.07) is 4.23. The molecule has 17 heavy (non-hydrogen) atoms. The molecule has 0 aliphatic heterocycles. The van der Waals surface area contributed by atoms with Crippen LogP contribution >= 0.6 is 0 Å². The molecule has 0 radical (unpaired) electrons. The molecule has 0 spiro atoms. The third kappa shape index (κ3) is 3.27. The first-order chi connectivity index (χ1) is 7.97. The van der Waals surface area contributed by atoms with Gasteiger partial charge in [0.2, 0.25) is 0 Å². The molecule has 94 valence electrons. The van der Waals surface area contributed by atoms with E-state index in [1.807, 2.05) is 0 Å². The molecule has 0 aliphatic carbocycles. The number of ketones is 1. The van der Waals surface area contributed by atoms with E-state index in [0.717, 1.165) is 0 Å². The number of nitrogens with zero attached hydrogens (tertiary/aromatic N) is 1. The van der Waals surface area contributed by atoms with Crippen LogP contribution in [0.3, 0.4) is 0 Å². The van der Waals surface area contributed by atoms with Gasteiger partial charge < -0.3 is 4.74 Å². The highest BCUT2D eigenvalue weighted by Gasteiger charge is 2.20. The molecule has 0 amide bonds. The summed E-state index contributed by atoms with van der Waals surface area (Å²) in [4.78, 5) is 13.3. The zero-order valence-electron chi connectivity index (χ0n) is 10.7. The minimum Gasteiger partial charge on any atom is -0.491 e. The molecule has 3 nitrogen and oxygen atoms in total. The standard InChI is InChI=1S/C13H18FNO2/c1-5-17-12-7-6-10(8-11(12)14)13(9(2)16)15(3)4/h6-8,13H,5H2,1-4H3. The van der Waals surface area contributed by atoms with Crippen LogP contribution in [0.4, 0.5) is 4.39 Å². The molecule has 1 atom stereocenters. The van der Waals surface area contributed by atoms with Crippen molar-refractivity contribution >= 4 is 5.78 Å². The minimum atomic E-state index is -0.433. The van der Waals surface area contributed by atoms with Crippen molar-refractivity contribution in [1.82, 2.24) is 4.90 Å². The van der Waals surface area contributed by atoms with Crippen molar-refractivity contribution in [2.45, 2.75) is 19.9 Å². The molecular weight excluding hydrogens is 221 g/mol. The van der Waals surface area contributed by atoms with Crippen LogP contribution in [0.5, 0.6) is 5.75 Å². The lowest BCUT2D eigenvalue weighted by molar-refractivity contribution is -0.121. The summed E-state index contributed by atoms with van der Waals surface area (Å²) in [6.45, 7) is 3.71. The van der Waals surface area contributed by atoms with E-state index < -0.39 is 11.9 Å². The second-order valence-corrected chi connectivity index (χ2v) is 4.10. The van der Waals surface area contributed by atoms with Crippen molar-refractivity contribution in [1.29, 1.82) is 0 Å². The Morgan fingerprint density at radius 2 is 2.12 bits per heavy atom. The van der Waals surface area contributed by atoms with E-state index in [2.05, 4.69) is 0 Å². The van der Waals surface area contributed by atoms with Crippen molar-refractivity contribution in [2.24, 2.45) is 0 Å². The molecule has 4 heteroatoms. The van der Waals surface area contributed by atoms with E-state index in [0.29, 0.717) is 12.2 Å². The molecular formula is C13H18FNO2. The van der Waals surface area contributed by atoms with Crippen LogP contribution in [0.1, 0.15) is 25.5 Å². The van der Waals surface area contributed by atoms with E-state index in [1.54, 1.807) is 38.1 Å². The summed E-state index contributed by atoms with van der Waals surface area (Å²) in [6.07, 6.45) is 0. The second kappa shape index (κ2) is 5.77. The summed E-state index contributed by atoms with van der Waals surface area (Å²) in [5.41, 5.74) is 0.642. The predicted molar refractivity (Wildman–Crippen MR) is 64.7 cm³/mol. The van der Waals surface area contributed by atoms with Gasteiger partial charge in [0.1, 0.15) is 0 Å². The normalized spacial score (nSPS) is 12.6. The zero-order valence-corrected chi connectivity index (χ0v) is 10.7. The van der Waals surface area contributed by atoms with Crippen LogP contribution in [-0.2, 0) is 4.79 Å². The molecule has 1 unspecified atom stereocenters. The number of likely N-dealkylation sites (N-methyl/N-ethyl adjacent to an activating group) is 1. The maximum atomic E-state index is 13.7. The van der Waals surface area contributed by atoms with Gasteiger partial charge in [-0.05, 0) is 45.6 Å². The van der Waals surface area contributed by atoms with Crippen molar-refractivity contribution in [3.05, 3.63) is 29.6 Å². The van der Waals surface area contributed by atoms with Crippen molar-refractivity contribution in [2.75, 3.05) is 20.7 Å². The number of ether oxygens (including phenoxy) is 1. The van der Waals surface area contributed by atoms with Crippen molar-refractivity contribution in [3.63, 3.8) is 0 Å². The Morgan fingerprint density at radius 1 is 1.47 bits per heavy atom. The predicted octanol–water partition coefficient (Wildman–Crippen LogP) is 2.42. The first-order valence-electron chi connectivity index (χ1n) is 5.56. The highest BCUT2D eigenvalue weighted by atomic mass is 19.1. The molecule has 1 aromatic rings. The zero-order chi connectivity index (χ0) is 13.0. The van der Waals surface area contributed by atoms with Gasteiger partial charge in [0, 0.05) is 0 Å². The average Bonchev–Trinajstić information content (AvgIpc) is 2.21. The lowest BCUT2D eigenvalue weighted by atomic mass is 10.0. The number of carbonyl (C=O) groups is 1. The van der Waals surface area contributed by atoms with Crippen LogP contribution in [0, 0.1) is 5.82 Å². The number of carbonyl (C=O) groups excluding carboxylic acids is 1. The van der Waals surface area contributed by atoms with E-state index in [-0.39, 0.29) is 11.5 Å². The van der Waals surface area contributed by atoms with Gasteiger partial charge in [-0.2, -0.15) is 0 Å². The summed E-state index contributed by atoms with van der Waals surface area (Å²) >= 11 is 0. The van der Waals surface area contributed by atoms with Gasteiger partial charge in [0.05, 0.1) is 12.6 Å². The summed E-state index contributed by atoms with van der Waals surface area (Å²) in [5.74, 6) is -0.228. The fourth-order valence-corrected chi connectivity index (χ4v) is 1.86. The van der Waals surface area contributed by atoms with Crippen molar-refractivity contribution in [3.8, 4) is 5.75 Å². The van der Waals surface area contributed by atoms with Gasteiger partial charge in [-0.1, -0.05) is 6.07 Å². The Morgan fingerprint density at radius 3 is 2.53 bits per heavy atom. The van der Waals surface area contributed by atoms with Gasteiger partial charge in [0.15, 0.2) is 17.3 Å². The third-order valence-corrected chi connectivity index (χ3v) is 2.47. The molecule has 0 heterocycles. The largest absolute Gasteiger partial charge is 0.491 e. The summed E-state index contributed by atoms with van der Waals surface area (Å²) < 4.78 is 18.8. The molecule has 0 aromatic heterocycles. The van der Waals surface area contributed by atoms with E-state index >= 15 is 0 Å². The van der Waals surface area contributed by atoms with Gasteiger partial charge in [-0.25, -0.2) is 4.39 Å². The van der Waals surface area contributed by atoms with Crippen LogP contribution in [0.2, 0.25) is 0 Å². The number of Topliss-reactive ketones (excluding diaryl/α,β-unsaturated/α-hetero) is 1. The Balaban J connectivity index is 3.06. The van der Waals surface area contributed by atoms with Crippen LogP contribution in [-0.4, -0.2) is 31.4 Å². The monoisotopic (exact) mass is 239 g/mol. The average molecular weight is 239 g/mol. The fourth-order valence-electron chi connectivity index (χ4n) is 1.86. The van der Waals surface area contributed by atoms with Crippen molar-refractivity contribution < 1.29 is 13.9 Å². The molecule has 0 fully saturated rings. The maximum Gasteiger partial charge on any atom is 0.165 e. The van der Waals surface area contributed by atoms with Crippen LogP contribution in [0.25, 0.3) is 0 Å². The molecule has 1 rings (SSSR count). The molecule has 0 saturated carbocycles. The maximum absolute atomic E-state index is 13.7. The van der Waals surface area contributed by atoms with Crippen LogP contribution in [0.15, 0.2) is 18.2 Å². The molecule has 0 bridgehead atoms. The minimum absolute atomic E-state index is 0.0152. The highest BCUT2D eigenvalue weighted by molar-refractivity contribution is 5.82. The number of hydrogen-bond acceptors (Lipinski definition) is 3. The van der Waals surface area contributed by atoms with Gasteiger partial charge in [-0.3, -0.25) is 9.69 Å².